The molecule has 0 bridgehead atoms. The predicted octanol–water partition coefficient (Wildman–Crippen LogP) is 6.94. The number of benzene rings is 4. The molecule has 0 heterocycles. The molecule has 4 aromatic carbocycles. The van der Waals surface area contributed by atoms with Gasteiger partial charge in [0, 0.05) is 20.6 Å². The van der Waals surface area contributed by atoms with Gasteiger partial charge in [-0.1, -0.05) is 57.9 Å². The molecule has 42 heavy (non-hydrogen) atoms. The van der Waals surface area contributed by atoms with E-state index in [0.717, 1.165) is 9.37 Å². The minimum absolute atomic E-state index is 0.00858. The van der Waals surface area contributed by atoms with Gasteiger partial charge in [0.05, 0.1) is 22.0 Å². The molecule has 0 aliphatic carbocycles. The third-order valence-corrected chi connectivity index (χ3v) is 7.49. The third kappa shape index (κ3) is 8.81. The van der Waals surface area contributed by atoms with Gasteiger partial charge in [0.25, 0.3) is 11.8 Å². The number of amides is 3. The summed E-state index contributed by atoms with van der Waals surface area (Å²) in [6, 6.07) is 26.8. The fourth-order valence-electron chi connectivity index (χ4n) is 3.63. The van der Waals surface area contributed by atoms with Gasteiger partial charge in [0.15, 0.2) is 0 Å². The second kappa shape index (κ2) is 14.5. The Bertz CT molecular complexity index is 1660. The number of carbonyl (C=O) groups is 4. The highest BCUT2D eigenvalue weighted by atomic mass is 79.9. The zero-order valence-corrected chi connectivity index (χ0v) is 24.9. The van der Waals surface area contributed by atoms with E-state index < -0.39 is 17.8 Å². The van der Waals surface area contributed by atoms with Gasteiger partial charge >= 0.3 is 5.97 Å². The van der Waals surface area contributed by atoms with Crippen LogP contribution in [0.5, 0.6) is 0 Å². The summed E-state index contributed by atoms with van der Waals surface area (Å²) in [5, 5.41) is 17.5. The van der Waals surface area contributed by atoms with Crippen molar-refractivity contribution in [3.8, 4) is 0 Å². The molecule has 0 aliphatic rings. The van der Waals surface area contributed by atoms with Gasteiger partial charge in [0.2, 0.25) is 5.91 Å². The van der Waals surface area contributed by atoms with Crippen molar-refractivity contribution in [1.82, 2.24) is 5.32 Å². The van der Waals surface area contributed by atoms with Gasteiger partial charge in [-0.25, -0.2) is 4.79 Å². The number of carboxylic acids is 1. The molecular weight excluding hydrogens is 642 g/mol. The lowest BCUT2D eigenvalue weighted by atomic mass is 10.1. The van der Waals surface area contributed by atoms with Crippen molar-refractivity contribution in [2.45, 2.75) is 4.90 Å². The molecule has 8 nitrogen and oxygen atoms in total. The Morgan fingerprint density at radius 1 is 0.833 bits per heavy atom. The second-order valence-corrected chi connectivity index (χ2v) is 11.1. The molecule has 0 atom stereocenters. The van der Waals surface area contributed by atoms with Crippen LogP contribution in [0, 0.1) is 0 Å². The lowest BCUT2D eigenvalue weighted by Crippen LogP contribution is -2.30. The Morgan fingerprint density at radius 3 is 2.26 bits per heavy atom. The fraction of sp³-hybridized carbons (Fsp3) is 0.0323. The molecule has 4 rings (SSSR count). The number of nitrogens with one attached hydrogen (secondary N) is 3. The van der Waals surface area contributed by atoms with Crippen molar-refractivity contribution >= 4 is 80.4 Å². The average Bonchev–Trinajstić information content (AvgIpc) is 2.98. The molecule has 0 aliphatic heterocycles. The largest absolute Gasteiger partial charge is 0.478 e. The summed E-state index contributed by atoms with van der Waals surface area (Å²) in [6.07, 6.45) is 1.59. The van der Waals surface area contributed by atoms with Crippen LogP contribution in [0.4, 0.5) is 11.4 Å². The van der Waals surface area contributed by atoms with Crippen molar-refractivity contribution in [3.05, 3.63) is 129 Å². The number of rotatable bonds is 10. The predicted molar refractivity (Wildman–Crippen MR) is 169 cm³/mol. The molecule has 0 saturated carbocycles. The van der Waals surface area contributed by atoms with Gasteiger partial charge in [0.1, 0.15) is 5.70 Å². The maximum Gasteiger partial charge on any atom is 0.335 e. The van der Waals surface area contributed by atoms with Crippen LogP contribution >= 0.6 is 39.3 Å². The maximum atomic E-state index is 13.2. The Morgan fingerprint density at radius 2 is 1.57 bits per heavy atom. The van der Waals surface area contributed by atoms with Crippen LogP contribution in [0.3, 0.4) is 0 Å². The van der Waals surface area contributed by atoms with Gasteiger partial charge in [-0.15, -0.1) is 11.8 Å². The Kier molecular flexibility index (Phi) is 10.6. The molecule has 0 spiro atoms. The number of halogens is 2. The van der Waals surface area contributed by atoms with Gasteiger partial charge in [-0.05, 0) is 78.4 Å². The third-order valence-electron chi connectivity index (χ3n) is 5.66. The molecule has 0 unspecified atom stereocenters. The highest BCUT2D eigenvalue weighted by Gasteiger charge is 2.16. The zero-order chi connectivity index (χ0) is 30.1. The van der Waals surface area contributed by atoms with Crippen molar-refractivity contribution in [2.75, 3.05) is 16.4 Å². The van der Waals surface area contributed by atoms with Crippen molar-refractivity contribution < 1.29 is 24.3 Å². The first-order valence-corrected chi connectivity index (χ1v) is 14.5. The first kappa shape index (κ1) is 30.6. The Hall–Kier alpha value is -4.38. The zero-order valence-electron chi connectivity index (χ0n) is 21.8. The van der Waals surface area contributed by atoms with Crippen LogP contribution in [-0.4, -0.2) is 34.6 Å². The van der Waals surface area contributed by atoms with Crippen LogP contribution in [-0.2, 0) is 9.59 Å². The number of hydrogen-bond donors (Lipinski definition) is 4. The summed E-state index contributed by atoms with van der Waals surface area (Å²) in [5.41, 5.74) is 1.89. The number of aromatic carboxylic acids is 1. The van der Waals surface area contributed by atoms with E-state index in [4.69, 9.17) is 16.7 Å². The average molecular weight is 665 g/mol. The van der Waals surface area contributed by atoms with Crippen LogP contribution in [0.25, 0.3) is 6.08 Å². The number of hydrogen-bond acceptors (Lipinski definition) is 5. The minimum atomic E-state index is -1.13. The smallest absolute Gasteiger partial charge is 0.335 e. The van der Waals surface area contributed by atoms with Gasteiger partial charge in [-0.2, -0.15) is 0 Å². The number of carboxylic acid groups (broad SMARTS) is 1. The summed E-state index contributed by atoms with van der Waals surface area (Å²) in [5.74, 6) is -2.38. The fourth-order valence-corrected chi connectivity index (χ4v) is 4.91. The normalized spacial score (nSPS) is 11.0. The van der Waals surface area contributed by atoms with E-state index in [1.165, 1.54) is 30.0 Å². The summed E-state index contributed by atoms with van der Waals surface area (Å²) >= 11 is 10.7. The minimum Gasteiger partial charge on any atom is -0.478 e. The van der Waals surface area contributed by atoms with E-state index in [1.807, 2.05) is 24.3 Å². The molecule has 0 fully saturated rings. The highest BCUT2D eigenvalue weighted by Crippen LogP contribution is 2.25. The van der Waals surface area contributed by atoms with E-state index >= 15 is 0 Å². The quantitative estimate of drug-likeness (QED) is 0.108. The molecule has 212 valence electrons. The molecule has 4 aromatic rings. The van der Waals surface area contributed by atoms with E-state index in [9.17, 15) is 19.2 Å². The van der Waals surface area contributed by atoms with E-state index in [1.54, 1.807) is 60.7 Å². The van der Waals surface area contributed by atoms with Crippen LogP contribution in [0.15, 0.2) is 112 Å². The second-order valence-electron chi connectivity index (χ2n) is 8.75. The Balaban J connectivity index is 1.40. The topological polar surface area (TPSA) is 125 Å². The molecular formula is C31H23BrClN3O5S. The summed E-state index contributed by atoms with van der Waals surface area (Å²) in [4.78, 5) is 50.4. The molecule has 3 amide bonds. The van der Waals surface area contributed by atoms with E-state index in [2.05, 4.69) is 31.9 Å². The SMILES string of the molecule is O=C(CSc1ccc(NC(=O)/C(=C/c2cccc(Br)c2)NC(=O)c2ccccc2)cc1)Nc1cc(C(=O)O)ccc1Cl. The maximum absolute atomic E-state index is 13.2. The molecule has 0 saturated heterocycles. The van der Waals surface area contributed by atoms with E-state index in [-0.39, 0.29) is 33.6 Å². The monoisotopic (exact) mass is 663 g/mol. The summed E-state index contributed by atoms with van der Waals surface area (Å²) < 4.78 is 0.823. The van der Waals surface area contributed by atoms with Gasteiger partial charge in [-0.3, -0.25) is 14.4 Å². The number of anilines is 2. The summed E-state index contributed by atoms with van der Waals surface area (Å²) in [6.45, 7) is 0. The van der Waals surface area contributed by atoms with Crippen LogP contribution in [0.2, 0.25) is 5.02 Å². The molecule has 4 N–H and O–H groups in total. The lowest BCUT2D eigenvalue weighted by molar-refractivity contribution is -0.114. The first-order valence-electron chi connectivity index (χ1n) is 12.4. The molecule has 0 radical (unpaired) electrons. The molecule has 11 heteroatoms. The van der Waals surface area contributed by atoms with Crippen molar-refractivity contribution in [2.24, 2.45) is 0 Å². The van der Waals surface area contributed by atoms with E-state index in [0.29, 0.717) is 16.8 Å². The first-order chi connectivity index (χ1) is 20.2. The van der Waals surface area contributed by atoms with Crippen molar-refractivity contribution in [3.63, 3.8) is 0 Å². The van der Waals surface area contributed by atoms with Gasteiger partial charge < -0.3 is 21.1 Å². The standard InChI is InChI=1S/C31H23BrClN3O5S/c32-22-8-4-5-19(15-22)16-27(36-29(38)20-6-2-1-3-7-20)30(39)34-23-10-12-24(13-11-23)42-18-28(37)35-26-17-21(31(40)41)9-14-25(26)33/h1-17H,18H2,(H,34,39)(H,35,37)(H,36,38)(H,40,41)/b27-16-. The van der Waals surface area contributed by atoms with Crippen molar-refractivity contribution in [1.29, 1.82) is 0 Å². The summed E-state index contributed by atoms with van der Waals surface area (Å²) in [7, 11) is 0. The molecule has 0 aromatic heterocycles. The number of thioether (sulfide) groups is 1. The van der Waals surface area contributed by atoms with Crippen LogP contribution < -0.4 is 16.0 Å². The lowest BCUT2D eigenvalue weighted by Gasteiger charge is -2.12. The Labute approximate surface area is 259 Å². The number of carbonyl (C=O) groups excluding carboxylic acids is 3. The highest BCUT2D eigenvalue weighted by molar-refractivity contribution is 9.10. The van der Waals surface area contributed by atoms with Crippen LogP contribution in [0.1, 0.15) is 26.3 Å².